The van der Waals surface area contributed by atoms with Crippen molar-refractivity contribution in [1.29, 1.82) is 0 Å². The number of halogens is 1. The van der Waals surface area contributed by atoms with Crippen LogP contribution in [0.5, 0.6) is 11.5 Å². The highest BCUT2D eigenvalue weighted by Crippen LogP contribution is 2.40. The smallest absolute Gasteiger partial charge is 0.255 e. The number of nitrogen functional groups attached to an aromatic ring is 1. The van der Waals surface area contributed by atoms with Gasteiger partial charge in [0, 0.05) is 36.0 Å². The average molecular weight is 436 g/mol. The number of hydrogen-bond acceptors (Lipinski definition) is 8. The molecule has 2 heterocycles. The molecule has 1 atom stereocenters. The summed E-state index contributed by atoms with van der Waals surface area (Å²) in [6, 6.07) is 5.11. The van der Waals surface area contributed by atoms with Gasteiger partial charge < -0.3 is 30.6 Å². The third kappa shape index (κ3) is 5.22. The molecule has 0 bridgehead atoms. The van der Waals surface area contributed by atoms with E-state index in [1.165, 1.54) is 0 Å². The topological polar surface area (TPSA) is 126 Å². The number of rotatable bonds is 7. The fourth-order valence-electron chi connectivity index (χ4n) is 3.37. The first-order valence-corrected chi connectivity index (χ1v) is 10.1. The molecule has 9 nitrogen and oxygen atoms in total. The van der Waals surface area contributed by atoms with Crippen LogP contribution in [0, 0.1) is 6.92 Å². The Morgan fingerprint density at radius 1 is 1.30 bits per heavy atom. The molecule has 0 spiro atoms. The molecule has 1 aromatic heterocycles. The number of benzene rings is 1. The normalized spacial score (nSPS) is 16.8. The molecular weight excluding hydrogens is 410 g/mol. The highest BCUT2D eigenvalue weighted by atomic mass is 35.5. The summed E-state index contributed by atoms with van der Waals surface area (Å²) >= 11 is 6.63. The second kappa shape index (κ2) is 9.82. The van der Waals surface area contributed by atoms with Gasteiger partial charge in [-0.2, -0.15) is 4.98 Å². The number of ether oxygens (including phenoxy) is 3. The summed E-state index contributed by atoms with van der Waals surface area (Å²) in [6.07, 6.45) is 0.829. The molecule has 30 heavy (non-hydrogen) atoms. The highest BCUT2D eigenvalue weighted by Gasteiger charge is 2.28. The molecule has 1 aromatic carbocycles. The van der Waals surface area contributed by atoms with Crippen molar-refractivity contribution in [2.45, 2.75) is 26.3 Å². The Bertz CT molecular complexity index is 891. The van der Waals surface area contributed by atoms with Crippen LogP contribution in [0.3, 0.4) is 0 Å². The van der Waals surface area contributed by atoms with Gasteiger partial charge in [0.25, 0.3) is 5.91 Å². The third-order valence-electron chi connectivity index (χ3n) is 4.58. The minimum atomic E-state index is -0.585. The van der Waals surface area contributed by atoms with Crippen molar-refractivity contribution in [3.05, 3.63) is 34.5 Å². The maximum Gasteiger partial charge on any atom is 0.255 e. The molecule has 2 aromatic rings. The van der Waals surface area contributed by atoms with Crippen molar-refractivity contribution in [1.82, 2.24) is 9.97 Å². The lowest BCUT2D eigenvalue weighted by Crippen LogP contribution is -2.32. The molecule has 162 valence electrons. The molecule has 1 saturated heterocycles. The summed E-state index contributed by atoms with van der Waals surface area (Å²) in [7, 11) is 0. The van der Waals surface area contributed by atoms with E-state index in [1.54, 1.807) is 6.07 Å². The van der Waals surface area contributed by atoms with E-state index in [4.69, 9.17) is 37.3 Å². The van der Waals surface area contributed by atoms with Gasteiger partial charge in [0.2, 0.25) is 5.95 Å². The molecule has 1 aliphatic rings. The van der Waals surface area contributed by atoms with Crippen LogP contribution in [-0.2, 0) is 9.53 Å². The van der Waals surface area contributed by atoms with Gasteiger partial charge in [-0.15, -0.1) is 0 Å². The lowest BCUT2D eigenvalue weighted by Gasteiger charge is -2.32. The van der Waals surface area contributed by atoms with Gasteiger partial charge in [-0.3, -0.25) is 4.79 Å². The van der Waals surface area contributed by atoms with E-state index in [0.717, 1.165) is 17.7 Å². The second-order valence-corrected chi connectivity index (χ2v) is 7.28. The lowest BCUT2D eigenvalue weighted by atomic mass is 10.0. The number of aromatic nitrogens is 2. The van der Waals surface area contributed by atoms with Crippen molar-refractivity contribution < 1.29 is 19.0 Å². The fraction of sp³-hybridized carbons (Fsp3) is 0.450. The Hall–Kier alpha value is -2.78. The number of amides is 1. The van der Waals surface area contributed by atoms with Crippen molar-refractivity contribution in [2.24, 2.45) is 5.73 Å². The van der Waals surface area contributed by atoms with E-state index in [0.29, 0.717) is 48.7 Å². The summed E-state index contributed by atoms with van der Waals surface area (Å²) in [5.41, 5.74) is 12.6. The SMILES string of the molecule is CCOc1cc([C@H]2COCCCN2c2cc(C)nc(N)n2)c(Cl)cc1OCC(N)=O. The zero-order valence-corrected chi connectivity index (χ0v) is 17.8. The van der Waals surface area contributed by atoms with E-state index in [2.05, 4.69) is 14.9 Å². The van der Waals surface area contributed by atoms with Gasteiger partial charge in [-0.1, -0.05) is 11.6 Å². The summed E-state index contributed by atoms with van der Waals surface area (Å²) in [5, 5.41) is 0.456. The molecule has 0 unspecified atom stereocenters. The Kier molecular flexibility index (Phi) is 7.17. The Morgan fingerprint density at radius 2 is 2.07 bits per heavy atom. The first kappa shape index (κ1) is 21.9. The number of primary amides is 1. The van der Waals surface area contributed by atoms with E-state index in [1.807, 2.05) is 26.0 Å². The van der Waals surface area contributed by atoms with Crippen LogP contribution in [0.2, 0.25) is 5.02 Å². The molecule has 3 rings (SSSR count). The number of nitrogens with two attached hydrogens (primary N) is 2. The van der Waals surface area contributed by atoms with E-state index in [9.17, 15) is 4.79 Å². The number of carbonyl (C=O) groups is 1. The molecule has 1 amide bonds. The van der Waals surface area contributed by atoms with Crippen molar-refractivity contribution in [3.63, 3.8) is 0 Å². The number of anilines is 2. The maximum atomic E-state index is 11.1. The van der Waals surface area contributed by atoms with E-state index in [-0.39, 0.29) is 18.6 Å². The van der Waals surface area contributed by atoms with Crippen LogP contribution in [-0.4, -0.2) is 48.8 Å². The summed E-state index contributed by atoms with van der Waals surface area (Å²) in [5.74, 6) is 1.16. The van der Waals surface area contributed by atoms with Crippen LogP contribution in [0.1, 0.15) is 30.6 Å². The number of aryl methyl sites for hydroxylation is 1. The van der Waals surface area contributed by atoms with Gasteiger partial charge in [-0.25, -0.2) is 4.98 Å². The maximum absolute atomic E-state index is 11.1. The standard InChI is InChI=1S/C20H26ClN5O4/c1-3-29-16-8-13(14(21)9-17(16)30-11-18(22)27)15-10-28-6-4-5-26(15)19-7-12(2)24-20(23)25-19/h7-9,15H,3-6,10-11H2,1-2H3,(H2,22,27)(H2,23,24,25)/t15-/m1/s1. The lowest BCUT2D eigenvalue weighted by molar-refractivity contribution is -0.119. The molecule has 1 aliphatic heterocycles. The van der Waals surface area contributed by atoms with Crippen LogP contribution in [0.15, 0.2) is 18.2 Å². The summed E-state index contributed by atoms with van der Waals surface area (Å²) in [6.45, 7) is 5.63. The summed E-state index contributed by atoms with van der Waals surface area (Å²) < 4.78 is 17.0. The predicted molar refractivity (Wildman–Crippen MR) is 114 cm³/mol. The molecule has 0 aliphatic carbocycles. The third-order valence-corrected chi connectivity index (χ3v) is 4.91. The van der Waals surface area contributed by atoms with Crippen LogP contribution >= 0.6 is 11.6 Å². The van der Waals surface area contributed by atoms with Gasteiger partial charge >= 0.3 is 0 Å². The zero-order chi connectivity index (χ0) is 21.7. The Labute approximate surface area is 180 Å². The minimum absolute atomic E-state index is 0.213. The van der Waals surface area contributed by atoms with Gasteiger partial charge in [-0.05, 0) is 31.9 Å². The second-order valence-electron chi connectivity index (χ2n) is 6.87. The Balaban J connectivity index is 2.02. The molecule has 0 radical (unpaired) electrons. The molecular formula is C20H26ClN5O4. The average Bonchev–Trinajstić information content (AvgIpc) is 2.93. The number of carbonyl (C=O) groups excluding carboxylic acids is 1. The molecule has 0 saturated carbocycles. The molecule has 4 N–H and O–H groups in total. The van der Waals surface area contributed by atoms with E-state index >= 15 is 0 Å². The minimum Gasteiger partial charge on any atom is -0.490 e. The molecule has 1 fully saturated rings. The van der Waals surface area contributed by atoms with Gasteiger partial charge in [0.15, 0.2) is 18.1 Å². The monoisotopic (exact) mass is 435 g/mol. The van der Waals surface area contributed by atoms with Crippen LogP contribution in [0.4, 0.5) is 11.8 Å². The fourth-order valence-corrected chi connectivity index (χ4v) is 3.65. The highest BCUT2D eigenvalue weighted by molar-refractivity contribution is 6.31. The van der Waals surface area contributed by atoms with Gasteiger partial charge in [0.05, 0.1) is 19.3 Å². The summed E-state index contributed by atoms with van der Waals surface area (Å²) in [4.78, 5) is 21.8. The van der Waals surface area contributed by atoms with Crippen LogP contribution in [0.25, 0.3) is 0 Å². The van der Waals surface area contributed by atoms with Crippen LogP contribution < -0.4 is 25.8 Å². The number of hydrogen-bond donors (Lipinski definition) is 2. The first-order chi connectivity index (χ1) is 14.4. The first-order valence-electron chi connectivity index (χ1n) is 9.72. The van der Waals surface area contributed by atoms with Crippen molar-refractivity contribution in [3.8, 4) is 11.5 Å². The predicted octanol–water partition coefficient (Wildman–Crippen LogP) is 2.25. The molecule has 10 heteroatoms. The van der Waals surface area contributed by atoms with Gasteiger partial charge in [0.1, 0.15) is 5.82 Å². The zero-order valence-electron chi connectivity index (χ0n) is 17.1. The Morgan fingerprint density at radius 3 is 2.77 bits per heavy atom. The largest absolute Gasteiger partial charge is 0.490 e. The van der Waals surface area contributed by atoms with E-state index < -0.39 is 5.91 Å². The number of nitrogens with zero attached hydrogens (tertiary/aromatic N) is 3. The van der Waals surface area contributed by atoms with Crippen molar-refractivity contribution in [2.75, 3.05) is 43.6 Å². The van der Waals surface area contributed by atoms with Crippen molar-refractivity contribution >= 4 is 29.3 Å². The quantitative estimate of drug-likeness (QED) is 0.678.